The van der Waals surface area contributed by atoms with Crippen LogP contribution < -0.4 is 20.9 Å². The fraction of sp³-hybridized carbons (Fsp3) is 0.450. The summed E-state index contributed by atoms with van der Waals surface area (Å²) >= 11 is 0. The molecule has 12 nitrogen and oxygen atoms in total. The van der Waals surface area contributed by atoms with Gasteiger partial charge in [-0.25, -0.2) is 9.36 Å². The van der Waals surface area contributed by atoms with Gasteiger partial charge in [0.2, 0.25) is 0 Å². The zero-order valence-corrected chi connectivity index (χ0v) is 19.2. The maximum atomic E-state index is 13.4. The summed E-state index contributed by atoms with van der Waals surface area (Å²) in [7, 11) is -4.08. The van der Waals surface area contributed by atoms with Gasteiger partial charge in [0, 0.05) is 12.3 Å². The standard InChI is InChI=1S/C20H26N3O9P/c1-13(2)30-19(25)14(3)22-33(27,32-15-7-5-4-6-8-15)29-12-18-28-11-17(31-18)23-10-9-16(24)21-20(23)26/h4-10,13-14,17-18H,11-12H2,1-3H3,(H,22,27)(H,21,24,26)/t14?,17-,18-,33?/m0/s1. The number of benzene rings is 1. The fourth-order valence-electron chi connectivity index (χ4n) is 2.82. The number of nitrogens with zero attached hydrogens (tertiary/aromatic N) is 1. The SMILES string of the molecule is CC(C)OC(=O)C(C)NP(=O)(OC[C@H]1OC[C@@H](n2ccc(=O)[nH]c2=O)O1)Oc1ccccc1. The van der Waals surface area contributed by atoms with Gasteiger partial charge in [0.15, 0.2) is 12.5 Å². The van der Waals surface area contributed by atoms with E-state index in [1.807, 2.05) is 0 Å². The van der Waals surface area contributed by atoms with E-state index in [-0.39, 0.29) is 25.1 Å². The lowest BCUT2D eigenvalue weighted by molar-refractivity contribution is -0.149. The lowest BCUT2D eigenvalue weighted by Crippen LogP contribution is -2.36. The van der Waals surface area contributed by atoms with Gasteiger partial charge < -0.3 is 18.7 Å². The third kappa shape index (κ3) is 7.11. The van der Waals surface area contributed by atoms with Crippen LogP contribution in [0.2, 0.25) is 0 Å². The monoisotopic (exact) mass is 483 g/mol. The Bertz CT molecular complexity index is 1100. The number of esters is 1. The number of hydrogen-bond acceptors (Lipinski definition) is 9. The number of aromatic nitrogens is 2. The Morgan fingerprint density at radius 2 is 1.97 bits per heavy atom. The summed E-state index contributed by atoms with van der Waals surface area (Å²) in [6.07, 6.45) is -0.872. The maximum Gasteiger partial charge on any atom is 0.459 e. The molecule has 2 N–H and O–H groups in total. The van der Waals surface area contributed by atoms with Crippen LogP contribution in [0.25, 0.3) is 0 Å². The van der Waals surface area contributed by atoms with Crippen molar-refractivity contribution >= 4 is 13.7 Å². The van der Waals surface area contributed by atoms with E-state index in [9.17, 15) is 18.9 Å². The summed E-state index contributed by atoms with van der Waals surface area (Å²) in [4.78, 5) is 37.5. The van der Waals surface area contributed by atoms with E-state index >= 15 is 0 Å². The van der Waals surface area contributed by atoms with Crippen molar-refractivity contribution in [3.63, 3.8) is 0 Å². The quantitative estimate of drug-likeness (QED) is 0.377. The minimum Gasteiger partial charge on any atom is -0.462 e. The molecule has 1 aliphatic rings. The molecule has 13 heteroatoms. The van der Waals surface area contributed by atoms with Gasteiger partial charge in [-0.05, 0) is 32.9 Å². The van der Waals surface area contributed by atoms with Gasteiger partial charge in [-0.2, -0.15) is 5.09 Å². The maximum absolute atomic E-state index is 13.4. The van der Waals surface area contributed by atoms with Crippen molar-refractivity contribution in [2.45, 2.75) is 45.4 Å². The summed E-state index contributed by atoms with van der Waals surface area (Å²) in [5.74, 6) is -0.375. The van der Waals surface area contributed by atoms with Gasteiger partial charge in [-0.3, -0.25) is 23.7 Å². The van der Waals surface area contributed by atoms with Gasteiger partial charge in [-0.1, -0.05) is 18.2 Å². The number of para-hydroxylation sites is 1. The molecule has 0 spiro atoms. The third-order valence-corrected chi connectivity index (χ3v) is 5.95. The highest BCUT2D eigenvalue weighted by molar-refractivity contribution is 7.52. The second-order valence-corrected chi connectivity index (χ2v) is 9.10. The molecule has 0 bridgehead atoms. The van der Waals surface area contributed by atoms with E-state index in [0.29, 0.717) is 0 Å². The molecule has 180 valence electrons. The lowest BCUT2D eigenvalue weighted by Gasteiger charge is -2.24. The summed E-state index contributed by atoms with van der Waals surface area (Å²) in [6, 6.07) is 8.47. The highest BCUT2D eigenvalue weighted by Crippen LogP contribution is 2.45. The van der Waals surface area contributed by atoms with Crippen molar-refractivity contribution in [1.82, 2.24) is 14.6 Å². The van der Waals surface area contributed by atoms with Gasteiger partial charge in [-0.15, -0.1) is 0 Å². The predicted molar refractivity (Wildman–Crippen MR) is 116 cm³/mol. The van der Waals surface area contributed by atoms with Crippen LogP contribution in [-0.2, 0) is 28.1 Å². The first-order chi connectivity index (χ1) is 15.6. The normalized spacial score (nSPS) is 20.8. The van der Waals surface area contributed by atoms with E-state index in [2.05, 4.69) is 10.1 Å². The van der Waals surface area contributed by atoms with Gasteiger partial charge in [0.1, 0.15) is 18.4 Å². The molecular formula is C20H26N3O9P. The number of ether oxygens (including phenoxy) is 3. The number of rotatable bonds is 10. The number of hydrogen-bond donors (Lipinski definition) is 2. The minimum atomic E-state index is -4.08. The van der Waals surface area contributed by atoms with Crippen LogP contribution in [0.15, 0.2) is 52.2 Å². The predicted octanol–water partition coefficient (Wildman–Crippen LogP) is 1.54. The van der Waals surface area contributed by atoms with Crippen molar-refractivity contribution in [2.75, 3.05) is 13.2 Å². The molecule has 0 amide bonds. The van der Waals surface area contributed by atoms with Crippen LogP contribution >= 0.6 is 7.75 Å². The Morgan fingerprint density at radius 1 is 1.24 bits per heavy atom. The summed E-state index contributed by atoms with van der Waals surface area (Å²) in [6.45, 7) is 4.52. The van der Waals surface area contributed by atoms with Crippen LogP contribution in [0.4, 0.5) is 0 Å². The first-order valence-corrected chi connectivity index (χ1v) is 11.8. The van der Waals surface area contributed by atoms with Crippen LogP contribution in [0, 0.1) is 0 Å². The molecule has 2 aromatic rings. The molecule has 3 rings (SSSR count). The number of carbonyl (C=O) groups excluding carboxylic acids is 1. The molecule has 0 radical (unpaired) electrons. The van der Waals surface area contributed by atoms with Crippen molar-refractivity contribution in [3.8, 4) is 5.75 Å². The Kier molecular flexibility index (Phi) is 8.22. The molecule has 2 unspecified atom stereocenters. The molecule has 0 aliphatic carbocycles. The summed E-state index contributed by atoms with van der Waals surface area (Å²) in [5.41, 5.74) is -1.19. The van der Waals surface area contributed by atoms with E-state index in [1.165, 1.54) is 19.2 Å². The number of H-pyrrole nitrogens is 1. The molecule has 1 fully saturated rings. The minimum absolute atomic E-state index is 0.00559. The first-order valence-electron chi connectivity index (χ1n) is 10.2. The Hall–Kier alpha value is -2.76. The molecule has 33 heavy (non-hydrogen) atoms. The summed E-state index contributed by atoms with van der Waals surface area (Å²) in [5, 5.41) is 2.56. The van der Waals surface area contributed by atoms with Crippen LogP contribution in [-0.4, -0.2) is 47.2 Å². The second kappa shape index (κ2) is 10.9. The van der Waals surface area contributed by atoms with E-state index in [0.717, 1.165) is 4.57 Å². The Balaban J connectivity index is 1.67. The highest BCUT2D eigenvalue weighted by atomic mass is 31.2. The zero-order chi connectivity index (χ0) is 24.0. The molecule has 4 atom stereocenters. The highest BCUT2D eigenvalue weighted by Gasteiger charge is 2.36. The molecule has 1 aromatic heterocycles. The smallest absolute Gasteiger partial charge is 0.459 e. The van der Waals surface area contributed by atoms with Crippen molar-refractivity contribution in [1.29, 1.82) is 0 Å². The number of nitrogens with one attached hydrogen (secondary N) is 2. The molecular weight excluding hydrogens is 457 g/mol. The first kappa shape index (κ1) is 24.9. The van der Waals surface area contributed by atoms with Gasteiger partial charge in [0.25, 0.3) is 5.56 Å². The zero-order valence-electron chi connectivity index (χ0n) is 18.3. The van der Waals surface area contributed by atoms with E-state index in [4.69, 9.17) is 23.3 Å². The lowest BCUT2D eigenvalue weighted by atomic mass is 10.3. The molecule has 0 saturated carbocycles. The Morgan fingerprint density at radius 3 is 2.64 bits per heavy atom. The van der Waals surface area contributed by atoms with Crippen LogP contribution in [0.5, 0.6) is 5.75 Å². The Labute approximate surface area is 189 Å². The van der Waals surface area contributed by atoms with Crippen molar-refractivity contribution in [2.24, 2.45) is 0 Å². The topological polar surface area (TPSA) is 147 Å². The fourth-order valence-corrected chi connectivity index (χ4v) is 4.30. The van der Waals surface area contributed by atoms with Crippen molar-refractivity contribution in [3.05, 3.63) is 63.4 Å². The molecule has 1 saturated heterocycles. The van der Waals surface area contributed by atoms with Crippen LogP contribution in [0.3, 0.4) is 0 Å². The van der Waals surface area contributed by atoms with E-state index in [1.54, 1.807) is 44.2 Å². The molecule has 1 aromatic carbocycles. The van der Waals surface area contributed by atoms with Crippen LogP contribution in [0.1, 0.15) is 27.0 Å². The summed E-state index contributed by atoms with van der Waals surface area (Å²) < 4.78 is 41.8. The van der Waals surface area contributed by atoms with Gasteiger partial charge in [0.05, 0.1) is 12.7 Å². The molecule has 1 aliphatic heterocycles. The van der Waals surface area contributed by atoms with E-state index < -0.39 is 43.5 Å². The van der Waals surface area contributed by atoms with Gasteiger partial charge >= 0.3 is 19.4 Å². The second-order valence-electron chi connectivity index (χ2n) is 7.41. The average Bonchev–Trinajstić information content (AvgIpc) is 3.21. The number of aromatic amines is 1. The van der Waals surface area contributed by atoms with Crippen molar-refractivity contribution < 1.29 is 32.6 Å². The third-order valence-electron chi connectivity index (χ3n) is 4.30. The average molecular weight is 483 g/mol. The number of carbonyl (C=O) groups is 1. The molecule has 2 heterocycles. The largest absolute Gasteiger partial charge is 0.462 e.